The standard InChI is InChI=1S/C19H16N2O2/c1-13-19(14(2)22)17-12-16(23-11-10-20)8-9-18(17)21(13)15-6-4-3-5-7-15/h3-9,12H,11H2,1-2H3. The maximum atomic E-state index is 12.1. The molecule has 0 bridgehead atoms. The lowest BCUT2D eigenvalue weighted by atomic mass is 10.1. The summed E-state index contributed by atoms with van der Waals surface area (Å²) in [5.74, 6) is 0.603. The van der Waals surface area contributed by atoms with E-state index in [0.29, 0.717) is 11.3 Å². The molecule has 23 heavy (non-hydrogen) atoms. The van der Waals surface area contributed by atoms with Crippen molar-refractivity contribution in [2.24, 2.45) is 0 Å². The van der Waals surface area contributed by atoms with Crippen molar-refractivity contribution < 1.29 is 9.53 Å². The highest BCUT2D eigenvalue weighted by atomic mass is 16.5. The molecule has 1 heterocycles. The normalized spacial score (nSPS) is 10.5. The number of aromatic nitrogens is 1. The molecule has 0 atom stereocenters. The molecule has 4 heteroatoms. The van der Waals surface area contributed by atoms with Crippen molar-refractivity contribution in [3.05, 3.63) is 59.8 Å². The van der Waals surface area contributed by atoms with Crippen LogP contribution >= 0.6 is 0 Å². The van der Waals surface area contributed by atoms with E-state index in [1.165, 1.54) is 0 Å². The van der Waals surface area contributed by atoms with Crippen LogP contribution in [0, 0.1) is 18.3 Å². The van der Waals surface area contributed by atoms with Gasteiger partial charge < -0.3 is 9.30 Å². The summed E-state index contributed by atoms with van der Waals surface area (Å²) >= 11 is 0. The van der Waals surface area contributed by atoms with Gasteiger partial charge in [-0.3, -0.25) is 4.79 Å². The Bertz CT molecular complexity index is 918. The van der Waals surface area contributed by atoms with E-state index in [2.05, 4.69) is 4.57 Å². The zero-order valence-electron chi connectivity index (χ0n) is 13.0. The average molecular weight is 304 g/mol. The first-order valence-corrected chi connectivity index (χ1v) is 7.34. The van der Waals surface area contributed by atoms with Crippen LogP contribution in [0.25, 0.3) is 16.6 Å². The molecular weight excluding hydrogens is 288 g/mol. The fourth-order valence-corrected chi connectivity index (χ4v) is 2.96. The van der Waals surface area contributed by atoms with Gasteiger partial charge in [0.2, 0.25) is 0 Å². The van der Waals surface area contributed by atoms with Gasteiger partial charge in [0.1, 0.15) is 11.8 Å². The number of carbonyl (C=O) groups is 1. The molecule has 0 spiro atoms. The highest BCUT2D eigenvalue weighted by molar-refractivity contribution is 6.09. The van der Waals surface area contributed by atoms with Crippen LogP contribution in [0.15, 0.2) is 48.5 Å². The summed E-state index contributed by atoms with van der Waals surface area (Å²) in [4.78, 5) is 12.1. The molecule has 0 aliphatic carbocycles. The fraction of sp³-hybridized carbons (Fsp3) is 0.158. The molecule has 3 rings (SSSR count). The monoisotopic (exact) mass is 304 g/mol. The molecule has 114 valence electrons. The second kappa shape index (κ2) is 5.98. The van der Waals surface area contributed by atoms with Crippen molar-refractivity contribution in [3.8, 4) is 17.5 Å². The lowest BCUT2D eigenvalue weighted by Crippen LogP contribution is -1.99. The largest absolute Gasteiger partial charge is 0.479 e. The number of nitrogens with zero attached hydrogens (tertiary/aromatic N) is 2. The van der Waals surface area contributed by atoms with Gasteiger partial charge in [-0.05, 0) is 44.2 Å². The SMILES string of the molecule is CC(=O)c1c(C)n(-c2ccccc2)c2ccc(OCC#N)cc12. The molecule has 0 saturated carbocycles. The molecule has 0 amide bonds. The fourth-order valence-electron chi connectivity index (χ4n) is 2.96. The third-order valence-corrected chi connectivity index (χ3v) is 3.85. The summed E-state index contributed by atoms with van der Waals surface area (Å²) in [5, 5.41) is 9.49. The maximum Gasteiger partial charge on any atom is 0.174 e. The number of fused-ring (bicyclic) bond motifs is 1. The first kappa shape index (κ1) is 14.9. The lowest BCUT2D eigenvalue weighted by molar-refractivity contribution is 0.101. The van der Waals surface area contributed by atoms with Gasteiger partial charge in [0.15, 0.2) is 12.4 Å². The van der Waals surface area contributed by atoms with Gasteiger partial charge in [0.25, 0.3) is 0 Å². The number of ether oxygens (including phenoxy) is 1. The number of carbonyl (C=O) groups excluding carboxylic acids is 1. The number of nitriles is 1. The second-order valence-corrected chi connectivity index (χ2v) is 5.31. The second-order valence-electron chi connectivity index (χ2n) is 5.31. The molecule has 0 N–H and O–H groups in total. The Balaban J connectivity index is 2.28. The van der Waals surface area contributed by atoms with E-state index < -0.39 is 0 Å². The Morgan fingerprint density at radius 3 is 2.61 bits per heavy atom. The molecule has 4 nitrogen and oxygen atoms in total. The van der Waals surface area contributed by atoms with Crippen molar-refractivity contribution in [1.82, 2.24) is 4.57 Å². The van der Waals surface area contributed by atoms with Crippen LogP contribution < -0.4 is 4.74 Å². The van der Waals surface area contributed by atoms with E-state index in [9.17, 15) is 4.79 Å². The minimum Gasteiger partial charge on any atom is -0.479 e. The molecule has 0 radical (unpaired) electrons. The zero-order valence-corrected chi connectivity index (χ0v) is 13.0. The number of Topliss-reactive ketones (excluding diaryl/α,β-unsaturated/α-hetero) is 1. The topological polar surface area (TPSA) is 55.0 Å². The summed E-state index contributed by atoms with van der Waals surface area (Å²) in [5.41, 5.74) is 3.54. The summed E-state index contributed by atoms with van der Waals surface area (Å²) in [6, 6.07) is 17.5. The Morgan fingerprint density at radius 1 is 1.22 bits per heavy atom. The Labute approximate surface area is 134 Å². The molecular formula is C19H16N2O2. The number of hydrogen-bond acceptors (Lipinski definition) is 3. The number of benzene rings is 2. The maximum absolute atomic E-state index is 12.1. The predicted molar refractivity (Wildman–Crippen MR) is 89.1 cm³/mol. The van der Waals surface area contributed by atoms with Crippen molar-refractivity contribution in [2.75, 3.05) is 6.61 Å². The van der Waals surface area contributed by atoms with Gasteiger partial charge in [-0.25, -0.2) is 0 Å². The summed E-state index contributed by atoms with van der Waals surface area (Å²) in [6.07, 6.45) is 0. The van der Waals surface area contributed by atoms with Gasteiger partial charge in [0, 0.05) is 22.3 Å². The Morgan fingerprint density at radius 2 is 1.96 bits per heavy atom. The van der Waals surface area contributed by atoms with Gasteiger partial charge in [-0.15, -0.1) is 0 Å². The van der Waals surface area contributed by atoms with E-state index in [4.69, 9.17) is 10.00 Å². The predicted octanol–water partition coefficient (Wildman–Crippen LogP) is 4.04. The van der Waals surface area contributed by atoms with Crippen molar-refractivity contribution in [1.29, 1.82) is 5.26 Å². The number of para-hydroxylation sites is 1. The molecule has 1 aromatic heterocycles. The first-order valence-electron chi connectivity index (χ1n) is 7.34. The lowest BCUT2D eigenvalue weighted by Gasteiger charge is -2.08. The van der Waals surface area contributed by atoms with E-state index in [0.717, 1.165) is 22.3 Å². The quantitative estimate of drug-likeness (QED) is 0.683. The van der Waals surface area contributed by atoms with E-state index >= 15 is 0 Å². The van der Waals surface area contributed by atoms with Crippen molar-refractivity contribution >= 4 is 16.7 Å². The molecule has 0 fully saturated rings. The van der Waals surface area contributed by atoms with Crippen LogP contribution in [0.3, 0.4) is 0 Å². The van der Waals surface area contributed by atoms with E-state index in [1.54, 1.807) is 6.92 Å². The third-order valence-electron chi connectivity index (χ3n) is 3.85. The summed E-state index contributed by atoms with van der Waals surface area (Å²) in [7, 11) is 0. The minimum atomic E-state index is -0.0146. The summed E-state index contributed by atoms with van der Waals surface area (Å²) in [6.45, 7) is 3.50. The third kappa shape index (κ3) is 2.58. The van der Waals surface area contributed by atoms with Crippen molar-refractivity contribution in [2.45, 2.75) is 13.8 Å². The number of hydrogen-bond donors (Lipinski definition) is 0. The van der Waals surface area contributed by atoms with Crippen molar-refractivity contribution in [3.63, 3.8) is 0 Å². The van der Waals surface area contributed by atoms with Crippen LogP contribution in [0.1, 0.15) is 23.0 Å². The molecule has 0 aliphatic heterocycles. The van der Waals surface area contributed by atoms with E-state index in [1.807, 2.05) is 61.5 Å². The number of rotatable bonds is 4. The van der Waals surface area contributed by atoms with Gasteiger partial charge in [0.05, 0.1) is 5.52 Å². The van der Waals surface area contributed by atoms with Gasteiger partial charge in [-0.2, -0.15) is 5.26 Å². The molecule has 0 saturated heterocycles. The van der Waals surface area contributed by atoms with Crippen LogP contribution in [0.4, 0.5) is 0 Å². The first-order chi connectivity index (χ1) is 11.1. The van der Waals surface area contributed by atoms with Crippen LogP contribution in [-0.4, -0.2) is 17.0 Å². The van der Waals surface area contributed by atoms with E-state index in [-0.39, 0.29) is 12.4 Å². The van der Waals surface area contributed by atoms with Crippen LogP contribution in [0.5, 0.6) is 5.75 Å². The molecule has 0 aliphatic rings. The van der Waals surface area contributed by atoms with Gasteiger partial charge in [-0.1, -0.05) is 18.2 Å². The Kier molecular flexibility index (Phi) is 3.86. The average Bonchev–Trinajstić information content (AvgIpc) is 2.85. The number of ketones is 1. The molecule has 0 unspecified atom stereocenters. The highest BCUT2D eigenvalue weighted by Gasteiger charge is 2.18. The van der Waals surface area contributed by atoms with Crippen LogP contribution in [-0.2, 0) is 0 Å². The van der Waals surface area contributed by atoms with Crippen LogP contribution in [0.2, 0.25) is 0 Å². The molecule has 2 aromatic carbocycles. The Hall–Kier alpha value is -3.06. The highest BCUT2D eigenvalue weighted by Crippen LogP contribution is 2.32. The summed E-state index contributed by atoms with van der Waals surface area (Å²) < 4.78 is 7.44. The molecule has 3 aromatic rings. The minimum absolute atomic E-state index is 0.0135. The van der Waals surface area contributed by atoms with Gasteiger partial charge >= 0.3 is 0 Å². The smallest absolute Gasteiger partial charge is 0.174 e. The zero-order chi connectivity index (χ0) is 16.4.